The van der Waals surface area contributed by atoms with Gasteiger partial charge in [-0.2, -0.15) is 0 Å². The van der Waals surface area contributed by atoms with Crippen molar-refractivity contribution in [2.24, 2.45) is 0 Å². The van der Waals surface area contributed by atoms with E-state index in [2.05, 4.69) is 46.6 Å². The van der Waals surface area contributed by atoms with Crippen molar-refractivity contribution >= 4 is 17.5 Å². The van der Waals surface area contributed by atoms with Crippen molar-refractivity contribution in [3.8, 4) is 11.1 Å². The number of benzene rings is 1. The van der Waals surface area contributed by atoms with Crippen LogP contribution >= 0.6 is 0 Å². The van der Waals surface area contributed by atoms with Crippen LogP contribution in [0.5, 0.6) is 0 Å². The van der Waals surface area contributed by atoms with Crippen LogP contribution in [-0.2, 0) is 0 Å². The maximum Gasteiger partial charge on any atom is 0.270 e. The van der Waals surface area contributed by atoms with Gasteiger partial charge in [0.15, 0.2) is 0 Å². The molecule has 1 aliphatic carbocycles. The molecule has 30 heavy (non-hydrogen) atoms. The van der Waals surface area contributed by atoms with Gasteiger partial charge in [0.2, 0.25) is 0 Å². The van der Waals surface area contributed by atoms with E-state index in [-0.39, 0.29) is 23.6 Å². The molecule has 6 heteroatoms. The third-order valence-corrected chi connectivity index (χ3v) is 5.12. The van der Waals surface area contributed by atoms with Gasteiger partial charge in [-0.25, -0.2) is 0 Å². The number of hydrogen-bond donors (Lipinski definition) is 2. The highest BCUT2D eigenvalue weighted by molar-refractivity contribution is 6.07. The van der Waals surface area contributed by atoms with Crippen LogP contribution in [0.3, 0.4) is 0 Å². The standard InChI is InChI=1S/C24H24N4O2/c1-15(2)16-3-5-17(6-4-16)20-10-11-25-14-22(20)28-23(29)18-9-12-26-21(13-18)24(30)27-19-7-8-19/h3-6,9-15,19H,7-8H2,1-2H3,(H,27,30)(H,28,29). The Balaban J connectivity index is 1.54. The molecular weight excluding hydrogens is 376 g/mol. The lowest BCUT2D eigenvalue weighted by atomic mass is 9.98. The number of carbonyl (C=O) groups excluding carboxylic acids is 2. The van der Waals surface area contributed by atoms with Crippen molar-refractivity contribution in [3.05, 3.63) is 77.9 Å². The number of amides is 2. The first-order valence-corrected chi connectivity index (χ1v) is 10.1. The van der Waals surface area contributed by atoms with Gasteiger partial charge in [0.05, 0.1) is 11.9 Å². The van der Waals surface area contributed by atoms with Crippen molar-refractivity contribution < 1.29 is 9.59 Å². The molecule has 0 atom stereocenters. The second-order valence-corrected chi connectivity index (χ2v) is 7.83. The largest absolute Gasteiger partial charge is 0.348 e. The molecule has 0 spiro atoms. The lowest BCUT2D eigenvalue weighted by molar-refractivity contribution is 0.0946. The quantitative estimate of drug-likeness (QED) is 0.642. The molecular formula is C24H24N4O2. The van der Waals surface area contributed by atoms with Gasteiger partial charge in [0.1, 0.15) is 5.69 Å². The molecule has 2 aromatic heterocycles. The van der Waals surface area contributed by atoms with Crippen molar-refractivity contribution in [1.29, 1.82) is 0 Å². The summed E-state index contributed by atoms with van der Waals surface area (Å²) in [6.07, 6.45) is 6.80. The van der Waals surface area contributed by atoms with Gasteiger partial charge in [-0.1, -0.05) is 38.1 Å². The average molecular weight is 400 g/mol. The number of rotatable bonds is 6. The molecule has 2 heterocycles. The Labute approximate surface area is 175 Å². The summed E-state index contributed by atoms with van der Waals surface area (Å²) in [6.45, 7) is 4.31. The van der Waals surface area contributed by atoms with E-state index in [9.17, 15) is 9.59 Å². The van der Waals surface area contributed by atoms with Crippen LogP contribution in [0.4, 0.5) is 5.69 Å². The van der Waals surface area contributed by atoms with E-state index >= 15 is 0 Å². The van der Waals surface area contributed by atoms with Crippen LogP contribution in [-0.4, -0.2) is 27.8 Å². The highest BCUT2D eigenvalue weighted by Gasteiger charge is 2.24. The molecule has 152 valence electrons. The summed E-state index contributed by atoms with van der Waals surface area (Å²) in [4.78, 5) is 33.3. The topological polar surface area (TPSA) is 84.0 Å². The summed E-state index contributed by atoms with van der Waals surface area (Å²) >= 11 is 0. The molecule has 1 aromatic carbocycles. The minimum absolute atomic E-state index is 0.233. The van der Waals surface area contributed by atoms with Gasteiger partial charge >= 0.3 is 0 Å². The van der Waals surface area contributed by atoms with Crippen LogP contribution < -0.4 is 10.6 Å². The normalized spacial score (nSPS) is 13.2. The Kier molecular flexibility index (Phi) is 5.57. The third-order valence-electron chi connectivity index (χ3n) is 5.12. The molecule has 6 nitrogen and oxygen atoms in total. The number of hydrogen-bond acceptors (Lipinski definition) is 4. The highest BCUT2D eigenvalue weighted by Crippen LogP contribution is 2.29. The Morgan fingerprint density at radius 1 is 1.00 bits per heavy atom. The second kappa shape index (κ2) is 8.45. The summed E-state index contributed by atoms with van der Waals surface area (Å²) < 4.78 is 0. The minimum atomic E-state index is -0.314. The molecule has 0 unspecified atom stereocenters. The predicted octanol–water partition coefficient (Wildman–Crippen LogP) is 4.41. The van der Waals surface area contributed by atoms with Crippen molar-refractivity contribution in [2.75, 3.05) is 5.32 Å². The SMILES string of the molecule is CC(C)c1ccc(-c2ccncc2NC(=O)c2ccnc(C(=O)NC3CC3)c2)cc1. The monoisotopic (exact) mass is 400 g/mol. The first-order chi connectivity index (χ1) is 14.5. The molecule has 0 aliphatic heterocycles. The summed E-state index contributed by atoms with van der Waals surface area (Å²) in [6, 6.07) is 13.5. The first-order valence-electron chi connectivity index (χ1n) is 10.1. The Morgan fingerprint density at radius 3 is 2.47 bits per heavy atom. The van der Waals surface area contributed by atoms with E-state index in [1.54, 1.807) is 18.5 Å². The van der Waals surface area contributed by atoms with E-state index in [1.807, 2.05) is 18.2 Å². The molecule has 3 aromatic rings. The molecule has 0 bridgehead atoms. The van der Waals surface area contributed by atoms with Crippen LogP contribution in [0.1, 0.15) is 59.0 Å². The van der Waals surface area contributed by atoms with Gasteiger partial charge in [0, 0.05) is 29.6 Å². The Bertz CT molecular complexity index is 1070. The molecule has 4 rings (SSSR count). The van der Waals surface area contributed by atoms with Gasteiger partial charge in [-0.05, 0) is 48.1 Å². The molecule has 0 radical (unpaired) electrons. The number of nitrogens with zero attached hydrogens (tertiary/aromatic N) is 2. The van der Waals surface area contributed by atoms with E-state index in [1.165, 1.54) is 17.8 Å². The summed E-state index contributed by atoms with van der Waals surface area (Å²) in [5, 5.41) is 5.81. The van der Waals surface area contributed by atoms with Crippen molar-refractivity contribution in [3.63, 3.8) is 0 Å². The molecule has 2 amide bonds. The van der Waals surface area contributed by atoms with Gasteiger partial charge in [-0.15, -0.1) is 0 Å². The van der Waals surface area contributed by atoms with Crippen LogP contribution in [0, 0.1) is 0 Å². The van der Waals surface area contributed by atoms with E-state index in [0.717, 1.165) is 24.0 Å². The fourth-order valence-corrected chi connectivity index (χ4v) is 3.17. The number of anilines is 1. The zero-order valence-corrected chi connectivity index (χ0v) is 17.1. The molecule has 2 N–H and O–H groups in total. The number of pyridine rings is 2. The Morgan fingerprint density at radius 2 is 1.77 bits per heavy atom. The molecule has 0 saturated heterocycles. The lowest BCUT2D eigenvalue weighted by Crippen LogP contribution is -2.26. The highest BCUT2D eigenvalue weighted by atomic mass is 16.2. The number of aromatic nitrogens is 2. The van der Waals surface area contributed by atoms with Crippen molar-refractivity contribution in [1.82, 2.24) is 15.3 Å². The predicted molar refractivity (Wildman–Crippen MR) is 116 cm³/mol. The van der Waals surface area contributed by atoms with E-state index < -0.39 is 0 Å². The summed E-state index contributed by atoms with van der Waals surface area (Å²) in [5.74, 6) is -0.112. The zero-order valence-electron chi connectivity index (χ0n) is 17.1. The average Bonchev–Trinajstić information content (AvgIpc) is 3.58. The van der Waals surface area contributed by atoms with Gasteiger partial charge in [0.25, 0.3) is 11.8 Å². The molecule has 1 saturated carbocycles. The van der Waals surface area contributed by atoms with Crippen molar-refractivity contribution in [2.45, 2.75) is 38.6 Å². The maximum atomic E-state index is 12.9. The van der Waals surface area contributed by atoms with Gasteiger partial charge in [-0.3, -0.25) is 19.6 Å². The summed E-state index contributed by atoms with van der Waals surface area (Å²) in [7, 11) is 0. The lowest BCUT2D eigenvalue weighted by Gasteiger charge is -2.12. The van der Waals surface area contributed by atoms with Gasteiger partial charge < -0.3 is 10.6 Å². The maximum absolute atomic E-state index is 12.9. The number of nitrogens with one attached hydrogen (secondary N) is 2. The van der Waals surface area contributed by atoms with E-state index in [0.29, 0.717) is 17.2 Å². The first kappa shape index (κ1) is 19.8. The fourth-order valence-electron chi connectivity index (χ4n) is 3.17. The number of carbonyl (C=O) groups is 2. The van der Waals surface area contributed by atoms with Crippen LogP contribution in [0.15, 0.2) is 61.1 Å². The van der Waals surface area contributed by atoms with E-state index in [4.69, 9.17) is 0 Å². The Hall–Kier alpha value is -3.54. The smallest absolute Gasteiger partial charge is 0.270 e. The minimum Gasteiger partial charge on any atom is -0.348 e. The van der Waals surface area contributed by atoms with Crippen LogP contribution in [0.2, 0.25) is 0 Å². The van der Waals surface area contributed by atoms with Crippen LogP contribution in [0.25, 0.3) is 11.1 Å². The summed E-state index contributed by atoms with van der Waals surface area (Å²) in [5.41, 5.74) is 4.36. The molecule has 1 aliphatic rings. The molecule has 1 fully saturated rings. The fraction of sp³-hybridized carbons (Fsp3) is 0.250. The second-order valence-electron chi connectivity index (χ2n) is 7.83. The zero-order chi connectivity index (χ0) is 21.1. The third kappa shape index (κ3) is 4.54.